The van der Waals surface area contributed by atoms with Gasteiger partial charge < -0.3 is 15.0 Å². The van der Waals surface area contributed by atoms with E-state index < -0.39 is 0 Å². The summed E-state index contributed by atoms with van der Waals surface area (Å²) in [7, 11) is 1.87. The summed E-state index contributed by atoms with van der Waals surface area (Å²) < 4.78 is 5.55. The van der Waals surface area contributed by atoms with Gasteiger partial charge >= 0.3 is 0 Å². The van der Waals surface area contributed by atoms with Crippen LogP contribution >= 0.6 is 0 Å². The molecule has 2 fully saturated rings. The van der Waals surface area contributed by atoms with Crippen LogP contribution in [0.2, 0.25) is 0 Å². The van der Waals surface area contributed by atoms with Gasteiger partial charge in [0.05, 0.1) is 6.10 Å². The number of piperidine rings is 1. The molecule has 0 aromatic heterocycles. The quantitative estimate of drug-likeness (QED) is 0.815. The van der Waals surface area contributed by atoms with Crippen molar-refractivity contribution in [1.82, 2.24) is 10.2 Å². The summed E-state index contributed by atoms with van der Waals surface area (Å²) in [6.07, 6.45) is 9.66. The predicted molar refractivity (Wildman–Crippen MR) is 75.9 cm³/mol. The zero-order valence-corrected chi connectivity index (χ0v) is 12.2. The Morgan fingerprint density at radius 2 is 1.94 bits per heavy atom. The van der Waals surface area contributed by atoms with Crippen LogP contribution in [0.25, 0.3) is 0 Å². The zero-order chi connectivity index (χ0) is 12.8. The second-order valence-corrected chi connectivity index (χ2v) is 5.94. The van der Waals surface area contributed by atoms with Crippen LogP contribution in [0, 0.1) is 0 Å². The van der Waals surface area contributed by atoms with Gasteiger partial charge in [0.1, 0.15) is 0 Å². The number of ether oxygens (including phenoxy) is 1. The zero-order valence-electron chi connectivity index (χ0n) is 12.2. The van der Waals surface area contributed by atoms with Gasteiger partial charge in [-0.25, -0.2) is 0 Å². The number of likely N-dealkylation sites (tertiary alicyclic amines) is 1. The largest absolute Gasteiger partial charge is 0.381 e. The molecule has 0 aromatic carbocycles. The number of methoxy groups -OCH3 is 1. The van der Waals surface area contributed by atoms with Crippen molar-refractivity contribution in [2.75, 3.05) is 26.7 Å². The Bertz CT molecular complexity index is 227. The molecule has 0 aromatic rings. The summed E-state index contributed by atoms with van der Waals surface area (Å²) in [6, 6.07) is 1.55. The normalized spacial score (nSPS) is 31.7. The monoisotopic (exact) mass is 254 g/mol. The molecule has 2 atom stereocenters. The van der Waals surface area contributed by atoms with Gasteiger partial charge in [-0.1, -0.05) is 6.92 Å². The van der Waals surface area contributed by atoms with Gasteiger partial charge in [0, 0.05) is 19.2 Å². The third-order valence-corrected chi connectivity index (χ3v) is 4.66. The maximum atomic E-state index is 5.55. The average molecular weight is 254 g/mol. The van der Waals surface area contributed by atoms with Crippen molar-refractivity contribution in [3.8, 4) is 0 Å². The molecule has 1 aliphatic carbocycles. The Balaban J connectivity index is 1.72. The highest BCUT2D eigenvalue weighted by Crippen LogP contribution is 2.27. The molecule has 1 saturated carbocycles. The van der Waals surface area contributed by atoms with Crippen LogP contribution in [-0.4, -0.2) is 49.8 Å². The lowest BCUT2D eigenvalue weighted by molar-refractivity contribution is 0.0200. The standard InChI is InChI=1S/C15H30N2O/c1-3-9-16-13-7-10-17(11-8-13)14-5-4-6-15(12-14)18-2/h13-16H,3-12H2,1-2H3. The number of hydrogen-bond donors (Lipinski definition) is 1. The summed E-state index contributed by atoms with van der Waals surface area (Å²) in [5, 5.41) is 3.66. The van der Waals surface area contributed by atoms with E-state index in [1.54, 1.807) is 0 Å². The van der Waals surface area contributed by atoms with Crippen LogP contribution in [0.1, 0.15) is 51.9 Å². The van der Waals surface area contributed by atoms with E-state index >= 15 is 0 Å². The number of rotatable bonds is 5. The molecule has 0 spiro atoms. The summed E-state index contributed by atoms with van der Waals surface area (Å²) >= 11 is 0. The third-order valence-electron chi connectivity index (χ3n) is 4.66. The minimum absolute atomic E-state index is 0.514. The molecule has 3 nitrogen and oxygen atoms in total. The highest BCUT2D eigenvalue weighted by Gasteiger charge is 2.29. The highest BCUT2D eigenvalue weighted by atomic mass is 16.5. The molecule has 1 saturated heterocycles. The third kappa shape index (κ3) is 3.94. The molecule has 1 aliphatic heterocycles. The minimum Gasteiger partial charge on any atom is -0.381 e. The molecular weight excluding hydrogens is 224 g/mol. The molecule has 3 heteroatoms. The fourth-order valence-electron chi connectivity index (χ4n) is 3.48. The molecule has 106 valence electrons. The maximum Gasteiger partial charge on any atom is 0.0586 e. The number of hydrogen-bond acceptors (Lipinski definition) is 3. The van der Waals surface area contributed by atoms with Crippen molar-refractivity contribution in [2.24, 2.45) is 0 Å². The Hall–Kier alpha value is -0.120. The van der Waals surface area contributed by atoms with Gasteiger partial charge in [-0.05, 0) is 64.6 Å². The van der Waals surface area contributed by atoms with E-state index in [0.717, 1.165) is 12.1 Å². The average Bonchev–Trinajstić information content (AvgIpc) is 2.46. The molecule has 2 aliphatic rings. The first-order valence-corrected chi connectivity index (χ1v) is 7.83. The molecule has 2 rings (SSSR count). The molecule has 2 unspecified atom stereocenters. The van der Waals surface area contributed by atoms with Crippen LogP contribution in [0.15, 0.2) is 0 Å². The lowest BCUT2D eigenvalue weighted by Crippen LogP contribution is -2.48. The van der Waals surface area contributed by atoms with Gasteiger partial charge in [0.25, 0.3) is 0 Å². The molecule has 1 heterocycles. The Morgan fingerprint density at radius 3 is 2.61 bits per heavy atom. The minimum atomic E-state index is 0.514. The van der Waals surface area contributed by atoms with E-state index in [9.17, 15) is 0 Å². The second kappa shape index (κ2) is 7.46. The molecule has 0 amide bonds. The Labute approximate surface area is 112 Å². The van der Waals surface area contributed by atoms with Crippen LogP contribution in [0.5, 0.6) is 0 Å². The molecule has 0 bridgehead atoms. The van der Waals surface area contributed by atoms with Crippen molar-refractivity contribution in [2.45, 2.75) is 70.1 Å². The van der Waals surface area contributed by atoms with Crippen molar-refractivity contribution >= 4 is 0 Å². The summed E-state index contributed by atoms with van der Waals surface area (Å²) in [5.74, 6) is 0. The van der Waals surface area contributed by atoms with Gasteiger partial charge in [0.2, 0.25) is 0 Å². The Morgan fingerprint density at radius 1 is 1.17 bits per heavy atom. The molecule has 0 radical (unpaired) electrons. The lowest BCUT2D eigenvalue weighted by atomic mass is 9.90. The van der Waals surface area contributed by atoms with Gasteiger partial charge in [-0.15, -0.1) is 0 Å². The highest BCUT2D eigenvalue weighted by molar-refractivity contribution is 4.85. The predicted octanol–water partition coefficient (Wildman–Crippen LogP) is 2.41. The van der Waals surface area contributed by atoms with Crippen molar-refractivity contribution in [3.05, 3.63) is 0 Å². The molecule has 18 heavy (non-hydrogen) atoms. The van der Waals surface area contributed by atoms with Crippen molar-refractivity contribution in [3.63, 3.8) is 0 Å². The van der Waals surface area contributed by atoms with E-state index in [1.165, 1.54) is 64.6 Å². The number of nitrogens with one attached hydrogen (secondary N) is 1. The first-order chi connectivity index (χ1) is 8.83. The van der Waals surface area contributed by atoms with Crippen LogP contribution in [0.3, 0.4) is 0 Å². The molecular formula is C15H30N2O. The van der Waals surface area contributed by atoms with E-state index in [1.807, 2.05) is 7.11 Å². The smallest absolute Gasteiger partial charge is 0.0586 e. The first-order valence-electron chi connectivity index (χ1n) is 7.83. The van der Waals surface area contributed by atoms with Crippen LogP contribution in [0.4, 0.5) is 0 Å². The fourth-order valence-corrected chi connectivity index (χ4v) is 3.48. The van der Waals surface area contributed by atoms with Gasteiger partial charge in [0.15, 0.2) is 0 Å². The van der Waals surface area contributed by atoms with E-state index in [-0.39, 0.29) is 0 Å². The van der Waals surface area contributed by atoms with E-state index in [4.69, 9.17) is 4.74 Å². The van der Waals surface area contributed by atoms with Gasteiger partial charge in [-0.3, -0.25) is 0 Å². The summed E-state index contributed by atoms with van der Waals surface area (Å²) in [4.78, 5) is 2.72. The second-order valence-electron chi connectivity index (χ2n) is 5.94. The molecule has 1 N–H and O–H groups in total. The van der Waals surface area contributed by atoms with Crippen molar-refractivity contribution < 1.29 is 4.74 Å². The summed E-state index contributed by atoms with van der Waals surface area (Å²) in [6.45, 7) is 5.99. The van der Waals surface area contributed by atoms with Crippen LogP contribution in [-0.2, 0) is 4.74 Å². The first kappa shape index (κ1) is 14.3. The van der Waals surface area contributed by atoms with E-state index in [2.05, 4.69) is 17.1 Å². The topological polar surface area (TPSA) is 24.5 Å². The van der Waals surface area contributed by atoms with Crippen molar-refractivity contribution in [1.29, 1.82) is 0 Å². The fraction of sp³-hybridized carbons (Fsp3) is 1.00. The van der Waals surface area contributed by atoms with E-state index in [0.29, 0.717) is 6.10 Å². The lowest BCUT2D eigenvalue weighted by Gasteiger charge is -2.41. The van der Waals surface area contributed by atoms with Crippen LogP contribution < -0.4 is 5.32 Å². The van der Waals surface area contributed by atoms with Gasteiger partial charge in [-0.2, -0.15) is 0 Å². The SMILES string of the molecule is CCCNC1CCN(C2CCCC(OC)C2)CC1. The Kier molecular flexibility index (Phi) is 5.93. The number of nitrogens with zero attached hydrogens (tertiary/aromatic N) is 1. The summed E-state index contributed by atoms with van der Waals surface area (Å²) in [5.41, 5.74) is 0. The maximum absolute atomic E-state index is 5.55.